The van der Waals surface area contributed by atoms with Gasteiger partial charge in [0.2, 0.25) is 23.6 Å². The molecule has 0 spiro atoms. The molecule has 77 heavy (non-hydrogen) atoms. The highest BCUT2D eigenvalue weighted by Gasteiger charge is 2.42. The summed E-state index contributed by atoms with van der Waals surface area (Å²) in [6, 6.07) is 66.4. The summed E-state index contributed by atoms with van der Waals surface area (Å²) < 4.78 is 5.72. The maximum Gasteiger partial charge on any atom is 0.407 e. The Morgan fingerprint density at radius 1 is 0.429 bits per heavy atom. The van der Waals surface area contributed by atoms with Crippen molar-refractivity contribution < 1.29 is 38.6 Å². The van der Waals surface area contributed by atoms with E-state index < -0.39 is 77.7 Å². The van der Waals surface area contributed by atoms with Gasteiger partial charge >= 0.3 is 12.1 Å². The van der Waals surface area contributed by atoms with Gasteiger partial charge in [0, 0.05) is 5.92 Å². The molecule has 1 aliphatic rings. The third-order valence-corrected chi connectivity index (χ3v) is 14.0. The van der Waals surface area contributed by atoms with Crippen molar-refractivity contribution in [1.29, 1.82) is 0 Å². The highest BCUT2D eigenvalue weighted by Crippen LogP contribution is 2.45. The van der Waals surface area contributed by atoms with E-state index in [1.54, 1.807) is 0 Å². The van der Waals surface area contributed by atoms with Crippen molar-refractivity contribution in [1.82, 2.24) is 26.6 Å². The highest BCUT2D eigenvalue weighted by atomic mass is 16.5. The standard InChI is InChI=1S/C64H57N5O8/c1-43(65-62(76)77-42-54-52-38-22-20-36-50(52)51-37-21-23-39-53(51)54)59(72)66-55(40-57(70)68-63(44-24-8-2-9-25-44,45-26-10-3-11-27-45)46-28-12-4-13-29-46)60(73)67-56(61(74)75)41-58(71)69-64(47-30-14-5-15-31-47,48-32-16-6-17-33-48)49-34-18-7-19-35-49/h2-39,43,54-56H,40-42H2,1H3,(H,65,76)(H,66,72)(H,67,73)(H,68,70)(H,69,71)(H,74,75)/t43-,55-,56-/m0/s1. The number of carboxylic acids is 1. The molecular formula is C64H57N5O8. The fourth-order valence-electron chi connectivity index (χ4n) is 10.3. The maximum absolute atomic E-state index is 14.9. The molecule has 0 bridgehead atoms. The molecule has 13 heteroatoms. The van der Waals surface area contributed by atoms with Crippen molar-refractivity contribution in [2.45, 2.75) is 54.9 Å². The molecule has 1 aliphatic carbocycles. The number of hydrogen-bond acceptors (Lipinski definition) is 7. The van der Waals surface area contributed by atoms with Gasteiger partial charge in [-0.25, -0.2) is 9.59 Å². The first-order valence-corrected chi connectivity index (χ1v) is 25.4. The van der Waals surface area contributed by atoms with Gasteiger partial charge in [0.25, 0.3) is 0 Å². The minimum absolute atomic E-state index is 0.0291. The Morgan fingerprint density at radius 3 is 1.09 bits per heavy atom. The number of fused-ring (bicyclic) bond motifs is 3. The second-order valence-electron chi connectivity index (χ2n) is 18.9. The molecule has 386 valence electrons. The van der Waals surface area contributed by atoms with Crippen molar-refractivity contribution in [3.63, 3.8) is 0 Å². The van der Waals surface area contributed by atoms with E-state index in [-0.39, 0.29) is 12.5 Å². The molecule has 9 rings (SSSR count). The predicted molar refractivity (Wildman–Crippen MR) is 293 cm³/mol. The fourth-order valence-corrected chi connectivity index (χ4v) is 10.3. The van der Waals surface area contributed by atoms with Crippen LogP contribution in [0.15, 0.2) is 231 Å². The number of carbonyl (C=O) groups excluding carboxylic acids is 5. The molecule has 0 heterocycles. The van der Waals surface area contributed by atoms with Crippen LogP contribution in [0, 0.1) is 0 Å². The first-order chi connectivity index (χ1) is 37.5. The summed E-state index contributed by atoms with van der Waals surface area (Å²) in [4.78, 5) is 84.9. The van der Waals surface area contributed by atoms with Crippen molar-refractivity contribution in [2.24, 2.45) is 0 Å². The van der Waals surface area contributed by atoms with Crippen LogP contribution in [0.1, 0.15) is 70.2 Å². The van der Waals surface area contributed by atoms with Crippen molar-refractivity contribution in [2.75, 3.05) is 6.61 Å². The summed E-state index contributed by atoms with van der Waals surface area (Å²) in [7, 11) is 0. The van der Waals surface area contributed by atoms with E-state index in [1.165, 1.54) is 6.92 Å². The van der Waals surface area contributed by atoms with Gasteiger partial charge in [0.1, 0.15) is 35.8 Å². The van der Waals surface area contributed by atoms with Gasteiger partial charge in [-0.05, 0) is 62.6 Å². The lowest BCUT2D eigenvalue weighted by molar-refractivity contribution is -0.144. The minimum Gasteiger partial charge on any atom is -0.480 e. The summed E-state index contributed by atoms with van der Waals surface area (Å²) in [6.07, 6.45) is -2.36. The number of rotatable bonds is 20. The van der Waals surface area contributed by atoms with E-state index in [9.17, 15) is 33.9 Å². The summed E-state index contributed by atoms with van der Waals surface area (Å²) >= 11 is 0. The van der Waals surface area contributed by atoms with Gasteiger partial charge in [-0.1, -0.05) is 231 Å². The van der Waals surface area contributed by atoms with E-state index in [4.69, 9.17) is 4.74 Å². The zero-order valence-electron chi connectivity index (χ0n) is 42.2. The monoisotopic (exact) mass is 1020 g/mol. The van der Waals surface area contributed by atoms with Crippen LogP contribution in [0.3, 0.4) is 0 Å². The number of benzene rings is 8. The quantitative estimate of drug-likeness (QED) is 0.0408. The average molecular weight is 1020 g/mol. The van der Waals surface area contributed by atoms with Crippen LogP contribution in [0.4, 0.5) is 4.79 Å². The lowest BCUT2D eigenvalue weighted by Gasteiger charge is -2.37. The minimum atomic E-state index is -1.85. The molecule has 0 radical (unpaired) electrons. The highest BCUT2D eigenvalue weighted by molar-refractivity contribution is 5.97. The molecule has 0 fully saturated rings. The van der Waals surface area contributed by atoms with Gasteiger partial charge in [-0.2, -0.15) is 0 Å². The maximum atomic E-state index is 14.9. The van der Waals surface area contributed by atoms with Gasteiger partial charge in [-0.15, -0.1) is 0 Å². The molecule has 0 aromatic heterocycles. The molecule has 5 amide bonds. The SMILES string of the molecule is C[C@H](NC(=O)OCC1c2ccccc2-c2ccccc21)C(=O)N[C@@H](CC(=O)NC(c1ccccc1)(c1ccccc1)c1ccccc1)C(=O)N[C@@H](CC(=O)NC(c1ccccc1)(c1ccccc1)c1ccccc1)C(=O)O. The van der Waals surface area contributed by atoms with Crippen LogP contribution >= 0.6 is 0 Å². The lowest BCUT2D eigenvalue weighted by atomic mass is 9.77. The zero-order chi connectivity index (χ0) is 53.8. The number of ether oxygens (including phenoxy) is 1. The second-order valence-corrected chi connectivity index (χ2v) is 18.9. The molecule has 0 saturated heterocycles. The van der Waals surface area contributed by atoms with Gasteiger partial charge < -0.3 is 36.4 Å². The first-order valence-electron chi connectivity index (χ1n) is 25.4. The normalized spacial score (nSPS) is 13.1. The topological polar surface area (TPSA) is 192 Å². The van der Waals surface area contributed by atoms with Gasteiger partial charge in [-0.3, -0.25) is 19.2 Å². The zero-order valence-corrected chi connectivity index (χ0v) is 42.2. The van der Waals surface area contributed by atoms with Crippen LogP contribution in [0.5, 0.6) is 0 Å². The third kappa shape index (κ3) is 11.4. The Balaban J connectivity index is 0.984. The van der Waals surface area contributed by atoms with E-state index in [1.807, 2.05) is 231 Å². The number of hydrogen-bond donors (Lipinski definition) is 6. The number of amides is 5. The number of aliphatic carboxylic acids is 1. The number of carboxylic acid groups (broad SMARTS) is 1. The van der Waals surface area contributed by atoms with E-state index in [0.717, 1.165) is 22.3 Å². The molecule has 8 aromatic rings. The molecule has 6 N–H and O–H groups in total. The molecule has 0 unspecified atom stereocenters. The average Bonchev–Trinajstić information content (AvgIpc) is 3.80. The Labute approximate surface area is 446 Å². The molecule has 3 atom stereocenters. The smallest absolute Gasteiger partial charge is 0.407 e. The van der Waals surface area contributed by atoms with Crippen LogP contribution < -0.4 is 26.6 Å². The largest absolute Gasteiger partial charge is 0.480 e. The summed E-state index contributed by atoms with van der Waals surface area (Å²) in [5.74, 6) is -5.19. The third-order valence-electron chi connectivity index (χ3n) is 14.0. The van der Waals surface area contributed by atoms with Gasteiger partial charge in [0.15, 0.2) is 0 Å². The number of alkyl carbamates (subject to hydrolysis) is 1. The Hall–Kier alpha value is -9.62. The predicted octanol–water partition coefficient (Wildman–Crippen LogP) is 8.96. The molecule has 0 aliphatic heterocycles. The van der Waals surface area contributed by atoms with Crippen LogP contribution in [0.2, 0.25) is 0 Å². The Bertz CT molecular complexity index is 3110. The Morgan fingerprint density at radius 2 is 0.740 bits per heavy atom. The van der Waals surface area contributed by atoms with Crippen LogP contribution in [-0.2, 0) is 39.8 Å². The van der Waals surface area contributed by atoms with Crippen LogP contribution in [0.25, 0.3) is 11.1 Å². The van der Waals surface area contributed by atoms with Crippen molar-refractivity contribution in [3.8, 4) is 11.1 Å². The lowest BCUT2D eigenvalue weighted by Crippen LogP contribution is -2.58. The molecule has 0 saturated carbocycles. The number of carbonyl (C=O) groups is 6. The van der Waals surface area contributed by atoms with E-state index in [0.29, 0.717) is 33.4 Å². The molecule has 8 aromatic carbocycles. The summed E-state index contributed by atoms with van der Waals surface area (Å²) in [5, 5.41) is 24.6. The molecule has 13 nitrogen and oxygen atoms in total. The number of nitrogens with one attached hydrogen (secondary N) is 5. The molecular weight excluding hydrogens is 967 g/mol. The van der Waals surface area contributed by atoms with Gasteiger partial charge in [0.05, 0.1) is 12.8 Å². The van der Waals surface area contributed by atoms with Crippen molar-refractivity contribution in [3.05, 3.63) is 275 Å². The fraction of sp³-hybridized carbons (Fsp3) is 0.156. The second kappa shape index (κ2) is 23.7. The van der Waals surface area contributed by atoms with Crippen molar-refractivity contribution >= 4 is 35.7 Å². The Kier molecular flexibility index (Phi) is 16.1. The van der Waals surface area contributed by atoms with Crippen LogP contribution in [-0.4, -0.2) is 65.5 Å². The first kappa shape index (κ1) is 52.3. The summed E-state index contributed by atoms with van der Waals surface area (Å²) in [6.45, 7) is 1.36. The summed E-state index contributed by atoms with van der Waals surface area (Å²) in [5.41, 5.74) is 5.57. The van der Waals surface area contributed by atoms with E-state index in [2.05, 4.69) is 26.6 Å². The van der Waals surface area contributed by atoms with E-state index >= 15 is 0 Å².